The smallest absolute Gasteiger partial charge is 0.282 e. The number of carbonyl (C=O) groups is 2. The highest BCUT2D eigenvalue weighted by Gasteiger charge is 2.27. The molecule has 1 amide bonds. The molecule has 1 heterocycles. The molecule has 1 unspecified atom stereocenters. The number of ketones is 1. The van der Waals surface area contributed by atoms with Crippen molar-refractivity contribution in [3.8, 4) is 0 Å². The van der Waals surface area contributed by atoms with Gasteiger partial charge in [-0.05, 0) is 0 Å². The lowest BCUT2D eigenvalue weighted by Crippen LogP contribution is -2.34. The zero-order valence-corrected chi connectivity index (χ0v) is 5.53. The first-order valence-corrected chi connectivity index (χ1v) is 2.87. The lowest BCUT2D eigenvalue weighted by molar-refractivity contribution is -0.139. The minimum absolute atomic E-state index is 0.199. The van der Waals surface area contributed by atoms with Crippen LogP contribution in [0, 0.1) is 0 Å². The normalized spacial score (nSPS) is 25.5. The van der Waals surface area contributed by atoms with Crippen LogP contribution in [0.3, 0.4) is 0 Å². The average Bonchev–Trinajstić information content (AvgIpc) is 1.88. The third-order valence-corrected chi connectivity index (χ3v) is 1.26. The minimum Gasteiger partial charge on any atom is -0.364 e. The summed E-state index contributed by atoms with van der Waals surface area (Å²) >= 11 is 0. The number of nitrogens with zero attached hydrogens (tertiary/aromatic N) is 1. The Bertz CT molecular complexity index is 197. The van der Waals surface area contributed by atoms with Crippen molar-refractivity contribution in [1.29, 1.82) is 0 Å². The molecular formula is C6H7NO3. The number of hydrogen-bond donors (Lipinski definition) is 0. The maximum Gasteiger partial charge on any atom is 0.282 e. The highest BCUT2D eigenvalue weighted by Crippen LogP contribution is 2.02. The molecule has 0 aromatic rings. The molecule has 1 rings (SSSR count). The van der Waals surface area contributed by atoms with Gasteiger partial charge in [-0.25, -0.2) is 4.99 Å². The van der Waals surface area contributed by atoms with E-state index in [1.54, 1.807) is 0 Å². The van der Waals surface area contributed by atoms with E-state index < -0.39 is 12.0 Å². The van der Waals surface area contributed by atoms with Gasteiger partial charge in [0.25, 0.3) is 5.91 Å². The van der Waals surface area contributed by atoms with Crippen molar-refractivity contribution in [2.75, 3.05) is 7.11 Å². The highest BCUT2D eigenvalue weighted by molar-refractivity contribution is 6.14. The Morgan fingerprint density at radius 1 is 1.70 bits per heavy atom. The summed E-state index contributed by atoms with van der Waals surface area (Å²) in [6.07, 6.45) is 0.551. The van der Waals surface area contributed by atoms with Crippen LogP contribution < -0.4 is 0 Å². The molecule has 0 saturated heterocycles. The summed E-state index contributed by atoms with van der Waals surface area (Å²) in [5.41, 5.74) is 0. The Morgan fingerprint density at radius 2 is 2.40 bits per heavy atom. The predicted molar refractivity (Wildman–Crippen MR) is 33.9 cm³/mol. The van der Waals surface area contributed by atoms with E-state index in [4.69, 9.17) is 0 Å². The second kappa shape index (κ2) is 2.70. The molecule has 10 heavy (non-hydrogen) atoms. The Labute approximate surface area is 57.9 Å². The summed E-state index contributed by atoms with van der Waals surface area (Å²) < 4.78 is 4.60. The van der Waals surface area contributed by atoms with E-state index in [1.165, 1.54) is 13.3 Å². The Morgan fingerprint density at radius 3 is 2.80 bits per heavy atom. The monoisotopic (exact) mass is 141 g/mol. The van der Waals surface area contributed by atoms with E-state index >= 15 is 0 Å². The van der Waals surface area contributed by atoms with Crippen LogP contribution in [-0.2, 0) is 14.3 Å². The van der Waals surface area contributed by atoms with Gasteiger partial charge in [-0.15, -0.1) is 0 Å². The van der Waals surface area contributed by atoms with Gasteiger partial charge in [-0.1, -0.05) is 0 Å². The molecule has 0 aromatic carbocycles. The van der Waals surface area contributed by atoms with E-state index in [2.05, 4.69) is 9.73 Å². The first kappa shape index (κ1) is 7.08. The second-order valence-electron chi connectivity index (χ2n) is 1.94. The van der Waals surface area contributed by atoms with Crippen LogP contribution in [-0.4, -0.2) is 31.1 Å². The fourth-order valence-corrected chi connectivity index (χ4v) is 0.770. The van der Waals surface area contributed by atoms with Crippen molar-refractivity contribution in [2.24, 2.45) is 4.99 Å². The summed E-state index contributed by atoms with van der Waals surface area (Å²) in [5, 5.41) is 0. The molecule has 0 aromatic heterocycles. The molecule has 0 saturated carbocycles. The zero-order chi connectivity index (χ0) is 7.56. The first-order chi connectivity index (χ1) is 4.75. The largest absolute Gasteiger partial charge is 0.364 e. The van der Waals surface area contributed by atoms with Crippen molar-refractivity contribution in [3.63, 3.8) is 0 Å². The molecule has 54 valence electrons. The first-order valence-electron chi connectivity index (χ1n) is 2.87. The van der Waals surface area contributed by atoms with Crippen molar-refractivity contribution in [1.82, 2.24) is 0 Å². The van der Waals surface area contributed by atoms with Gasteiger partial charge in [-0.2, -0.15) is 0 Å². The van der Waals surface area contributed by atoms with E-state index in [0.29, 0.717) is 0 Å². The van der Waals surface area contributed by atoms with Crippen LogP contribution in [0.1, 0.15) is 6.42 Å². The summed E-state index contributed by atoms with van der Waals surface area (Å²) in [4.78, 5) is 24.9. The third-order valence-electron chi connectivity index (χ3n) is 1.26. The standard InChI is InChI=1S/C6H7NO3/c1-10-5-4(8)2-3-7-6(5)9/h3,5H,2H2,1H3. The van der Waals surface area contributed by atoms with Crippen LogP contribution in [0.15, 0.2) is 4.99 Å². The topological polar surface area (TPSA) is 55.7 Å². The molecule has 0 N–H and O–H groups in total. The SMILES string of the molecule is COC1C(=O)CC=NC1=O. The average molecular weight is 141 g/mol. The fraction of sp³-hybridized carbons (Fsp3) is 0.500. The second-order valence-corrected chi connectivity index (χ2v) is 1.94. The number of amides is 1. The maximum absolute atomic E-state index is 10.8. The number of aliphatic imine (C=N–C) groups is 1. The summed E-state index contributed by atoms with van der Waals surface area (Å²) in [5.74, 6) is -0.721. The van der Waals surface area contributed by atoms with Gasteiger partial charge in [0.1, 0.15) is 0 Å². The van der Waals surface area contributed by atoms with Gasteiger partial charge in [0, 0.05) is 19.7 Å². The van der Waals surface area contributed by atoms with Gasteiger partial charge in [-0.3, -0.25) is 9.59 Å². The summed E-state index contributed by atoms with van der Waals surface area (Å²) in [7, 11) is 1.32. The van der Waals surface area contributed by atoms with Gasteiger partial charge in [0.05, 0.1) is 0 Å². The zero-order valence-electron chi connectivity index (χ0n) is 5.53. The fourth-order valence-electron chi connectivity index (χ4n) is 0.770. The molecule has 0 fully saturated rings. The number of methoxy groups -OCH3 is 1. The number of ether oxygens (including phenoxy) is 1. The summed E-state index contributed by atoms with van der Waals surface area (Å²) in [6, 6.07) is 0. The Hall–Kier alpha value is -1.03. The quantitative estimate of drug-likeness (QED) is 0.465. The molecule has 0 bridgehead atoms. The van der Waals surface area contributed by atoms with Crippen molar-refractivity contribution < 1.29 is 14.3 Å². The highest BCUT2D eigenvalue weighted by atomic mass is 16.5. The number of rotatable bonds is 1. The molecular weight excluding hydrogens is 134 g/mol. The molecule has 1 aliphatic rings. The lowest BCUT2D eigenvalue weighted by atomic mass is 10.1. The maximum atomic E-state index is 10.8. The third kappa shape index (κ3) is 1.11. The van der Waals surface area contributed by atoms with Crippen molar-refractivity contribution >= 4 is 17.9 Å². The molecule has 0 radical (unpaired) electrons. The van der Waals surface area contributed by atoms with Gasteiger partial charge in [0.2, 0.25) is 0 Å². The van der Waals surface area contributed by atoms with E-state index in [9.17, 15) is 9.59 Å². The Kier molecular flexibility index (Phi) is 1.91. The van der Waals surface area contributed by atoms with Crippen LogP contribution in [0.25, 0.3) is 0 Å². The molecule has 0 spiro atoms. The van der Waals surface area contributed by atoms with Crippen molar-refractivity contribution in [3.05, 3.63) is 0 Å². The summed E-state index contributed by atoms with van der Waals surface area (Å²) in [6.45, 7) is 0. The van der Waals surface area contributed by atoms with Crippen LogP contribution in [0.2, 0.25) is 0 Å². The molecule has 4 heteroatoms. The predicted octanol–water partition coefficient (Wildman–Crippen LogP) is -0.428. The molecule has 4 nitrogen and oxygen atoms in total. The molecule has 0 aliphatic carbocycles. The van der Waals surface area contributed by atoms with Gasteiger partial charge < -0.3 is 4.74 Å². The minimum atomic E-state index is -0.954. The van der Waals surface area contributed by atoms with Crippen LogP contribution in [0.5, 0.6) is 0 Å². The van der Waals surface area contributed by atoms with E-state index in [1.807, 2.05) is 0 Å². The van der Waals surface area contributed by atoms with Gasteiger partial charge in [0.15, 0.2) is 11.9 Å². The number of carbonyl (C=O) groups excluding carboxylic acids is 2. The number of Topliss-reactive ketones (excluding diaryl/α,β-unsaturated/α-hetero) is 1. The number of hydrogen-bond acceptors (Lipinski definition) is 3. The van der Waals surface area contributed by atoms with Crippen LogP contribution in [0.4, 0.5) is 0 Å². The van der Waals surface area contributed by atoms with E-state index in [-0.39, 0.29) is 12.2 Å². The van der Waals surface area contributed by atoms with Gasteiger partial charge >= 0.3 is 0 Å². The lowest BCUT2D eigenvalue weighted by Gasteiger charge is -2.11. The van der Waals surface area contributed by atoms with Crippen molar-refractivity contribution in [2.45, 2.75) is 12.5 Å². The molecule has 1 aliphatic heterocycles. The Balaban J connectivity index is 2.77. The van der Waals surface area contributed by atoms with E-state index in [0.717, 1.165) is 0 Å². The van der Waals surface area contributed by atoms with Crippen LogP contribution >= 0.6 is 0 Å². The molecule has 1 atom stereocenters.